The molecule has 0 bridgehead atoms. The molecule has 0 spiro atoms. The number of amides is 2. The molecule has 5 nitrogen and oxygen atoms in total. The topological polar surface area (TPSA) is 69.6 Å². The van der Waals surface area contributed by atoms with Crippen molar-refractivity contribution in [3.8, 4) is 0 Å². The van der Waals surface area contributed by atoms with Crippen molar-refractivity contribution in [3.63, 3.8) is 0 Å². The van der Waals surface area contributed by atoms with Crippen LogP contribution in [0.5, 0.6) is 0 Å². The minimum atomic E-state index is -0.781. The molecule has 122 valence electrons. The molecule has 0 rings (SSSR count). The summed E-state index contributed by atoms with van der Waals surface area (Å²) in [5.74, 6) is -0.781. The number of carbonyl (C=O) groups excluding carboxylic acids is 1. The van der Waals surface area contributed by atoms with E-state index in [0.717, 1.165) is 6.42 Å². The maximum atomic E-state index is 12.2. The second-order valence-corrected chi connectivity index (χ2v) is 7.11. The molecule has 0 unspecified atom stereocenters. The molecule has 0 radical (unpaired) electrons. The van der Waals surface area contributed by atoms with E-state index in [-0.39, 0.29) is 23.4 Å². The minimum absolute atomic E-state index is 0.101. The highest BCUT2D eigenvalue weighted by Crippen LogP contribution is 2.26. The summed E-state index contributed by atoms with van der Waals surface area (Å²) in [5.41, 5.74) is -0.367. The van der Waals surface area contributed by atoms with Crippen LogP contribution in [0.3, 0.4) is 0 Å². The van der Waals surface area contributed by atoms with Gasteiger partial charge in [0.1, 0.15) is 0 Å². The van der Waals surface area contributed by atoms with E-state index < -0.39 is 5.97 Å². The summed E-state index contributed by atoms with van der Waals surface area (Å²) in [5, 5.41) is 11.6. The lowest BCUT2D eigenvalue weighted by atomic mass is 9.84. The third-order valence-electron chi connectivity index (χ3n) is 3.46. The van der Waals surface area contributed by atoms with E-state index in [1.165, 1.54) is 0 Å². The van der Waals surface area contributed by atoms with Gasteiger partial charge in [-0.15, -0.1) is 6.58 Å². The number of urea groups is 1. The SMILES string of the molecule is C=CCN(C(=O)NCCC(C)(C)CCC(=O)O)C(C)(C)C. The van der Waals surface area contributed by atoms with Gasteiger partial charge in [-0.25, -0.2) is 4.79 Å². The Morgan fingerprint density at radius 1 is 1.19 bits per heavy atom. The fourth-order valence-corrected chi connectivity index (χ4v) is 1.96. The van der Waals surface area contributed by atoms with Crippen LogP contribution in [-0.4, -0.2) is 40.6 Å². The molecular weight excluding hydrogens is 268 g/mol. The Morgan fingerprint density at radius 2 is 1.76 bits per heavy atom. The third kappa shape index (κ3) is 8.38. The number of hydrogen-bond acceptors (Lipinski definition) is 2. The lowest BCUT2D eigenvalue weighted by Crippen LogP contribution is -2.50. The van der Waals surface area contributed by atoms with E-state index in [1.807, 2.05) is 34.6 Å². The highest BCUT2D eigenvalue weighted by Gasteiger charge is 2.25. The van der Waals surface area contributed by atoms with Gasteiger partial charge < -0.3 is 15.3 Å². The smallest absolute Gasteiger partial charge is 0.318 e. The summed E-state index contributed by atoms with van der Waals surface area (Å²) in [6.45, 7) is 14.7. The Balaban J connectivity index is 4.34. The van der Waals surface area contributed by atoms with Crippen molar-refractivity contribution < 1.29 is 14.7 Å². The van der Waals surface area contributed by atoms with Gasteiger partial charge in [0.05, 0.1) is 0 Å². The number of carboxylic acids is 1. The molecule has 21 heavy (non-hydrogen) atoms. The zero-order valence-corrected chi connectivity index (χ0v) is 14.0. The van der Waals surface area contributed by atoms with Crippen LogP contribution >= 0.6 is 0 Å². The van der Waals surface area contributed by atoms with Crippen LogP contribution in [0.15, 0.2) is 12.7 Å². The molecule has 0 aromatic rings. The van der Waals surface area contributed by atoms with Gasteiger partial charge in [-0.2, -0.15) is 0 Å². The number of carbonyl (C=O) groups is 2. The number of nitrogens with one attached hydrogen (secondary N) is 1. The van der Waals surface area contributed by atoms with E-state index in [2.05, 4.69) is 11.9 Å². The fourth-order valence-electron chi connectivity index (χ4n) is 1.96. The van der Waals surface area contributed by atoms with Gasteiger partial charge in [0.15, 0.2) is 0 Å². The van der Waals surface area contributed by atoms with Gasteiger partial charge in [-0.1, -0.05) is 19.9 Å². The van der Waals surface area contributed by atoms with E-state index in [0.29, 0.717) is 19.5 Å². The van der Waals surface area contributed by atoms with E-state index in [1.54, 1.807) is 11.0 Å². The maximum absolute atomic E-state index is 12.2. The first-order valence-electron chi connectivity index (χ1n) is 7.38. The predicted molar refractivity (Wildman–Crippen MR) is 85.3 cm³/mol. The number of rotatable bonds is 8. The molecule has 0 atom stereocenters. The van der Waals surface area contributed by atoms with Crippen LogP contribution in [0, 0.1) is 5.41 Å². The molecule has 0 heterocycles. The molecule has 0 aromatic carbocycles. The van der Waals surface area contributed by atoms with Crippen molar-refractivity contribution >= 4 is 12.0 Å². The van der Waals surface area contributed by atoms with Gasteiger partial charge in [0.25, 0.3) is 0 Å². The zero-order chi connectivity index (χ0) is 16.7. The third-order valence-corrected chi connectivity index (χ3v) is 3.46. The van der Waals surface area contributed by atoms with Crippen molar-refractivity contribution in [2.24, 2.45) is 5.41 Å². The van der Waals surface area contributed by atoms with Crippen molar-refractivity contribution in [1.29, 1.82) is 0 Å². The first-order valence-corrected chi connectivity index (χ1v) is 7.38. The van der Waals surface area contributed by atoms with Gasteiger partial charge >= 0.3 is 12.0 Å². The quantitative estimate of drug-likeness (QED) is 0.676. The molecule has 0 aromatic heterocycles. The molecule has 0 aliphatic heterocycles. The Kier molecular flexibility index (Phi) is 7.47. The highest BCUT2D eigenvalue weighted by atomic mass is 16.4. The van der Waals surface area contributed by atoms with E-state index in [4.69, 9.17) is 5.11 Å². The lowest BCUT2D eigenvalue weighted by molar-refractivity contribution is -0.137. The summed E-state index contributed by atoms with van der Waals surface area (Å²) in [4.78, 5) is 24.5. The Hall–Kier alpha value is -1.52. The molecule has 0 aliphatic rings. The van der Waals surface area contributed by atoms with E-state index >= 15 is 0 Å². The van der Waals surface area contributed by atoms with Crippen molar-refractivity contribution in [3.05, 3.63) is 12.7 Å². The molecule has 2 N–H and O–H groups in total. The van der Waals surface area contributed by atoms with Gasteiger partial charge in [0.2, 0.25) is 0 Å². The van der Waals surface area contributed by atoms with Crippen LogP contribution in [0.2, 0.25) is 0 Å². The number of aliphatic carboxylic acids is 1. The fraction of sp³-hybridized carbons (Fsp3) is 0.750. The Labute approximate surface area is 128 Å². The summed E-state index contributed by atoms with van der Waals surface area (Å²) in [7, 11) is 0. The van der Waals surface area contributed by atoms with Crippen molar-refractivity contribution in [1.82, 2.24) is 10.2 Å². The van der Waals surface area contributed by atoms with Crippen LogP contribution < -0.4 is 5.32 Å². The van der Waals surface area contributed by atoms with Crippen LogP contribution in [0.4, 0.5) is 4.79 Å². The average molecular weight is 298 g/mol. The number of carboxylic acid groups (broad SMARTS) is 1. The zero-order valence-electron chi connectivity index (χ0n) is 14.0. The molecule has 0 fully saturated rings. The molecule has 5 heteroatoms. The van der Waals surface area contributed by atoms with Crippen molar-refractivity contribution in [2.75, 3.05) is 13.1 Å². The average Bonchev–Trinajstić information content (AvgIpc) is 2.31. The normalized spacial score (nSPS) is 11.9. The molecule has 0 saturated carbocycles. The van der Waals surface area contributed by atoms with Gasteiger partial charge in [-0.05, 0) is 39.0 Å². The van der Waals surface area contributed by atoms with Crippen LogP contribution in [-0.2, 0) is 4.79 Å². The Morgan fingerprint density at radius 3 is 2.19 bits per heavy atom. The molecule has 0 aliphatic carbocycles. The maximum Gasteiger partial charge on any atom is 0.318 e. The van der Waals surface area contributed by atoms with Crippen LogP contribution in [0.1, 0.15) is 53.9 Å². The summed E-state index contributed by atoms with van der Waals surface area (Å²) in [6, 6.07) is -0.114. The lowest BCUT2D eigenvalue weighted by Gasteiger charge is -2.35. The number of hydrogen-bond donors (Lipinski definition) is 2. The second-order valence-electron chi connectivity index (χ2n) is 7.11. The first-order chi connectivity index (χ1) is 9.49. The first kappa shape index (κ1) is 19.5. The summed E-state index contributed by atoms with van der Waals surface area (Å²) >= 11 is 0. The van der Waals surface area contributed by atoms with Gasteiger partial charge in [0, 0.05) is 25.0 Å². The Bertz CT molecular complexity index is 370. The summed E-state index contributed by atoms with van der Waals surface area (Å²) < 4.78 is 0. The van der Waals surface area contributed by atoms with Crippen molar-refractivity contribution in [2.45, 2.75) is 59.4 Å². The van der Waals surface area contributed by atoms with E-state index in [9.17, 15) is 9.59 Å². The minimum Gasteiger partial charge on any atom is -0.481 e. The summed E-state index contributed by atoms with van der Waals surface area (Å²) in [6.07, 6.45) is 3.22. The second kappa shape index (κ2) is 8.05. The monoisotopic (exact) mass is 298 g/mol. The number of nitrogens with zero attached hydrogens (tertiary/aromatic N) is 1. The molecular formula is C16H30N2O3. The van der Waals surface area contributed by atoms with Crippen LogP contribution in [0.25, 0.3) is 0 Å². The molecule has 0 saturated heterocycles. The van der Waals surface area contributed by atoms with Gasteiger partial charge in [-0.3, -0.25) is 4.79 Å². The predicted octanol–water partition coefficient (Wildman–Crippen LogP) is 3.26. The highest BCUT2D eigenvalue weighted by molar-refractivity contribution is 5.75. The molecule has 2 amide bonds. The standard InChI is InChI=1S/C16H30N2O3/c1-7-12-18(15(2,3)4)14(21)17-11-10-16(5,6)9-8-13(19)20/h7H,1,8-12H2,2-6H3,(H,17,21)(H,19,20). The largest absolute Gasteiger partial charge is 0.481 e.